The number of anilines is 1. The minimum Gasteiger partial charge on any atom is -0.312 e. The van der Waals surface area contributed by atoms with Crippen LogP contribution < -0.4 is 15.8 Å². The first-order valence-corrected chi connectivity index (χ1v) is 8.41. The molecule has 0 bridgehead atoms. The Hall–Kier alpha value is -2.37. The zero-order valence-corrected chi connectivity index (χ0v) is 14.5. The van der Waals surface area contributed by atoms with Crippen molar-refractivity contribution in [2.45, 2.75) is 40.0 Å². The number of hydrogen-bond acceptors (Lipinski definition) is 3. The first-order valence-electron chi connectivity index (χ1n) is 8.41. The Morgan fingerprint density at radius 1 is 1.21 bits per heavy atom. The molecular formula is C18H25N3O3. The van der Waals surface area contributed by atoms with Gasteiger partial charge in [0.2, 0.25) is 17.7 Å². The van der Waals surface area contributed by atoms with Gasteiger partial charge in [-0.1, -0.05) is 39.3 Å². The van der Waals surface area contributed by atoms with Crippen molar-refractivity contribution in [1.29, 1.82) is 0 Å². The van der Waals surface area contributed by atoms with Crippen molar-refractivity contribution in [3.63, 3.8) is 0 Å². The summed E-state index contributed by atoms with van der Waals surface area (Å²) >= 11 is 0. The zero-order chi connectivity index (χ0) is 17.7. The quantitative estimate of drug-likeness (QED) is 0.808. The smallest absolute Gasteiger partial charge is 0.243 e. The van der Waals surface area contributed by atoms with Gasteiger partial charge in [-0.15, -0.1) is 0 Å². The number of nitrogens with zero attached hydrogens (tertiary/aromatic N) is 1. The lowest BCUT2D eigenvalue weighted by molar-refractivity contribution is -0.132. The Morgan fingerprint density at radius 2 is 1.88 bits per heavy atom. The van der Waals surface area contributed by atoms with Gasteiger partial charge >= 0.3 is 0 Å². The first-order chi connectivity index (χ1) is 11.4. The average molecular weight is 331 g/mol. The van der Waals surface area contributed by atoms with Crippen LogP contribution in [0, 0.1) is 11.8 Å². The molecule has 1 unspecified atom stereocenters. The van der Waals surface area contributed by atoms with Crippen LogP contribution in [-0.2, 0) is 20.8 Å². The van der Waals surface area contributed by atoms with Crippen LogP contribution in [0.2, 0.25) is 0 Å². The summed E-state index contributed by atoms with van der Waals surface area (Å²) in [5, 5.41) is 0. The highest BCUT2D eigenvalue weighted by molar-refractivity contribution is 6.00. The number of hydrazine groups is 1. The molecule has 130 valence electrons. The van der Waals surface area contributed by atoms with Gasteiger partial charge in [-0.2, -0.15) is 0 Å². The van der Waals surface area contributed by atoms with E-state index in [1.165, 1.54) is 5.56 Å². The summed E-state index contributed by atoms with van der Waals surface area (Å²) in [5.74, 6) is -1.33. The molecule has 0 aliphatic carbocycles. The largest absolute Gasteiger partial charge is 0.312 e. The van der Waals surface area contributed by atoms with Crippen LogP contribution in [-0.4, -0.2) is 24.3 Å². The van der Waals surface area contributed by atoms with Crippen LogP contribution in [0.4, 0.5) is 5.69 Å². The maximum absolute atomic E-state index is 12.2. The molecule has 1 heterocycles. The van der Waals surface area contributed by atoms with Crippen LogP contribution in [0.25, 0.3) is 0 Å². The van der Waals surface area contributed by atoms with E-state index in [1.807, 2.05) is 24.3 Å². The summed E-state index contributed by atoms with van der Waals surface area (Å²) in [6.07, 6.45) is 2.24. The van der Waals surface area contributed by atoms with Crippen LogP contribution in [0.3, 0.4) is 0 Å². The number of nitrogens with one attached hydrogen (secondary N) is 2. The Bertz CT molecular complexity index is 610. The van der Waals surface area contributed by atoms with E-state index in [2.05, 4.69) is 17.8 Å². The van der Waals surface area contributed by atoms with E-state index in [-0.39, 0.29) is 30.1 Å². The number of aryl methyl sites for hydroxylation is 1. The van der Waals surface area contributed by atoms with Crippen molar-refractivity contribution >= 4 is 23.4 Å². The highest BCUT2D eigenvalue weighted by Gasteiger charge is 2.35. The molecule has 24 heavy (non-hydrogen) atoms. The second kappa shape index (κ2) is 7.95. The first kappa shape index (κ1) is 18.0. The number of carbonyl (C=O) groups is 3. The maximum Gasteiger partial charge on any atom is 0.243 e. The molecular weight excluding hydrogens is 306 g/mol. The predicted molar refractivity (Wildman–Crippen MR) is 92.0 cm³/mol. The molecule has 3 amide bonds. The molecule has 2 N–H and O–H groups in total. The normalized spacial score (nSPS) is 17.2. The van der Waals surface area contributed by atoms with Gasteiger partial charge in [0.15, 0.2) is 0 Å². The van der Waals surface area contributed by atoms with Gasteiger partial charge in [0.05, 0.1) is 5.92 Å². The third-order valence-electron chi connectivity index (χ3n) is 4.12. The zero-order valence-electron chi connectivity index (χ0n) is 14.5. The fourth-order valence-electron chi connectivity index (χ4n) is 2.63. The summed E-state index contributed by atoms with van der Waals surface area (Å²) in [5.41, 5.74) is 6.83. The number of carbonyl (C=O) groups excluding carboxylic acids is 3. The fourth-order valence-corrected chi connectivity index (χ4v) is 2.63. The van der Waals surface area contributed by atoms with Gasteiger partial charge in [0.1, 0.15) is 0 Å². The van der Waals surface area contributed by atoms with Gasteiger partial charge in [0.25, 0.3) is 0 Å². The molecule has 0 radical (unpaired) electrons. The molecule has 1 atom stereocenters. The van der Waals surface area contributed by atoms with Gasteiger partial charge in [-0.05, 0) is 24.1 Å². The van der Waals surface area contributed by atoms with E-state index in [0.29, 0.717) is 6.54 Å². The molecule has 1 aliphatic heterocycles. The SMILES string of the molecule is CCCc1ccc(N2CC(C(=O)NNC(=O)C(C)C)CC2=O)cc1. The van der Waals surface area contributed by atoms with Crippen molar-refractivity contribution in [1.82, 2.24) is 10.9 Å². The molecule has 6 nitrogen and oxygen atoms in total. The van der Waals surface area contributed by atoms with Gasteiger partial charge < -0.3 is 4.90 Å². The lowest BCUT2D eigenvalue weighted by Crippen LogP contribution is -2.46. The summed E-state index contributed by atoms with van der Waals surface area (Å²) in [6.45, 7) is 5.93. The van der Waals surface area contributed by atoms with Crippen molar-refractivity contribution in [2.24, 2.45) is 11.8 Å². The highest BCUT2D eigenvalue weighted by Crippen LogP contribution is 2.25. The van der Waals surface area contributed by atoms with E-state index in [0.717, 1.165) is 18.5 Å². The summed E-state index contributed by atoms with van der Waals surface area (Å²) in [7, 11) is 0. The van der Waals surface area contributed by atoms with Gasteiger partial charge in [0, 0.05) is 24.6 Å². The van der Waals surface area contributed by atoms with E-state index < -0.39 is 5.92 Å². The molecule has 1 saturated heterocycles. The second-order valence-corrected chi connectivity index (χ2v) is 6.46. The predicted octanol–water partition coefficient (Wildman–Crippen LogP) is 1.80. The molecule has 2 rings (SSSR count). The minimum atomic E-state index is -0.458. The second-order valence-electron chi connectivity index (χ2n) is 6.46. The Kier molecular flexibility index (Phi) is 5.95. The molecule has 1 aromatic carbocycles. The van der Waals surface area contributed by atoms with Crippen molar-refractivity contribution < 1.29 is 14.4 Å². The average Bonchev–Trinajstić information content (AvgIpc) is 2.95. The third-order valence-corrected chi connectivity index (χ3v) is 4.12. The van der Waals surface area contributed by atoms with Crippen LogP contribution in [0.15, 0.2) is 24.3 Å². The standard InChI is InChI=1S/C18H25N3O3/c1-4-5-13-6-8-15(9-7-13)21-11-14(10-16(21)22)18(24)20-19-17(23)12(2)3/h6-9,12,14H,4-5,10-11H2,1-3H3,(H,19,23)(H,20,24). The Balaban J connectivity index is 1.95. The maximum atomic E-state index is 12.2. The lowest BCUT2D eigenvalue weighted by Gasteiger charge is -2.17. The molecule has 6 heteroatoms. The number of amides is 3. The summed E-state index contributed by atoms with van der Waals surface area (Å²) in [6, 6.07) is 7.87. The Morgan fingerprint density at radius 3 is 2.46 bits per heavy atom. The summed E-state index contributed by atoms with van der Waals surface area (Å²) in [4.78, 5) is 37.5. The van der Waals surface area contributed by atoms with Crippen LogP contribution in [0.5, 0.6) is 0 Å². The van der Waals surface area contributed by atoms with Crippen LogP contribution in [0.1, 0.15) is 39.2 Å². The monoisotopic (exact) mass is 331 g/mol. The lowest BCUT2D eigenvalue weighted by atomic mass is 10.1. The molecule has 0 spiro atoms. The van der Waals surface area contributed by atoms with E-state index in [9.17, 15) is 14.4 Å². The van der Waals surface area contributed by atoms with Gasteiger partial charge in [-0.3, -0.25) is 25.2 Å². The number of rotatable bonds is 5. The van der Waals surface area contributed by atoms with Crippen LogP contribution >= 0.6 is 0 Å². The molecule has 1 aliphatic rings. The van der Waals surface area contributed by atoms with E-state index in [1.54, 1.807) is 18.7 Å². The minimum absolute atomic E-state index is 0.0754. The van der Waals surface area contributed by atoms with Crippen molar-refractivity contribution in [2.75, 3.05) is 11.4 Å². The van der Waals surface area contributed by atoms with Crippen molar-refractivity contribution in [3.05, 3.63) is 29.8 Å². The highest BCUT2D eigenvalue weighted by atomic mass is 16.2. The number of hydrogen-bond donors (Lipinski definition) is 2. The van der Waals surface area contributed by atoms with E-state index >= 15 is 0 Å². The third kappa shape index (κ3) is 4.34. The fraction of sp³-hybridized carbons (Fsp3) is 0.500. The molecule has 1 aromatic rings. The Labute approximate surface area is 142 Å². The van der Waals surface area contributed by atoms with Gasteiger partial charge in [-0.25, -0.2) is 0 Å². The molecule has 1 fully saturated rings. The molecule has 0 saturated carbocycles. The van der Waals surface area contributed by atoms with E-state index in [4.69, 9.17) is 0 Å². The summed E-state index contributed by atoms with van der Waals surface area (Å²) < 4.78 is 0. The number of benzene rings is 1. The van der Waals surface area contributed by atoms with Crippen molar-refractivity contribution in [3.8, 4) is 0 Å². The molecule has 0 aromatic heterocycles. The topological polar surface area (TPSA) is 78.5 Å².